The lowest BCUT2D eigenvalue weighted by Gasteiger charge is -2.43. The quantitative estimate of drug-likeness (QED) is 0.107. The number of nitrogens with zero attached hydrogens (tertiary/aromatic N) is 1. The number of hydrogen-bond donors (Lipinski definition) is 0. The minimum absolute atomic E-state index is 0.206. The smallest absolute Gasteiger partial charge is 0.197 e. The van der Waals surface area contributed by atoms with Crippen LogP contribution >= 0.6 is 0 Å². The van der Waals surface area contributed by atoms with Crippen molar-refractivity contribution in [3.05, 3.63) is 161 Å². The van der Waals surface area contributed by atoms with Crippen molar-refractivity contribution in [2.45, 2.75) is 38.9 Å². The average molecular weight is 664 g/mol. The molecule has 50 heavy (non-hydrogen) atoms. The second-order valence-corrected chi connectivity index (χ2v) is 20.5. The fourth-order valence-electron chi connectivity index (χ4n) is 8.14. The zero-order chi connectivity index (χ0) is 34.5. The Labute approximate surface area is 293 Å². The summed E-state index contributed by atoms with van der Waals surface area (Å²) in [6, 6.07) is 44.8. The van der Waals surface area contributed by atoms with Crippen molar-refractivity contribution in [2.24, 2.45) is 0 Å². The molecule has 1 heterocycles. The number of carbonyl (C=O) groups excluding carboxylic acids is 2. The van der Waals surface area contributed by atoms with E-state index in [4.69, 9.17) is 0 Å². The minimum Gasteiger partial charge on any atom is -0.310 e. The third-order valence-electron chi connectivity index (χ3n) is 10.8. The number of Topliss-reactive ketones (excluding diaryl/α,β-unsaturated/α-hetero) is 2. The Morgan fingerprint density at radius 3 is 1.76 bits per heavy atom. The van der Waals surface area contributed by atoms with Crippen LogP contribution in [0.4, 0.5) is 17.1 Å². The summed E-state index contributed by atoms with van der Waals surface area (Å²) in [5, 5.41) is 8.05. The van der Waals surface area contributed by atoms with Crippen LogP contribution < -0.4 is 10.1 Å². The fourth-order valence-corrected chi connectivity index (χ4v) is 9.31. The maximum absolute atomic E-state index is 13.6. The summed E-state index contributed by atoms with van der Waals surface area (Å²) in [5.41, 5.74) is 7.79. The van der Waals surface area contributed by atoms with E-state index >= 15 is 0 Å². The van der Waals surface area contributed by atoms with Gasteiger partial charge >= 0.3 is 0 Å². The van der Waals surface area contributed by atoms with Crippen molar-refractivity contribution in [2.75, 3.05) is 4.90 Å². The van der Waals surface area contributed by atoms with Crippen LogP contribution in [0.3, 0.4) is 0 Å². The molecule has 2 aliphatic rings. The molecular formula is C46H37NO2Si. The molecule has 242 valence electrons. The molecule has 0 amide bonds. The highest BCUT2D eigenvalue weighted by Crippen LogP contribution is 2.54. The van der Waals surface area contributed by atoms with E-state index in [1.54, 1.807) is 6.08 Å². The maximum atomic E-state index is 13.6. The summed E-state index contributed by atoms with van der Waals surface area (Å²) < 4.78 is 0. The number of hydrogen-bond acceptors (Lipinski definition) is 3. The van der Waals surface area contributed by atoms with E-state index in [1.807, 2.05) is 36.4 Å². The van der Waals surface area contributed by atoms with Crippen LogP contribution in [-0.2, 0) is 5.41 Å². The first-order valence-electron chi connectivity index (χ1n) is 17.3. The Hall–Kier alpha value is -5.58. The summed E-state index contributed by atoms with van der Waals surface area (Å²) in [7, 11) is -1.47. The summed E-state index contributed by atoms with van der Waals surface area (Å²) in [6.07, 6.45) is 1.77. The van der Waals surface area contributed by atoms with E-state index in [0.29, 0.717) is 11.1 Å². The fraction of sp³-hybridized carbons (Fsp3) is 0.130. The second-order valence-electron chi connectivity index (χ2n) is 15.4. The van der Waals surface area contributed by atoms with Crippen LogP contribution in [0.15, 0.2) is 133 Å². The highest BCUT2D eigenvalue weighted by Gasteiger charge is 2.39. The number of ketones is 2. The van der Waals surface area contributed by atoms with Gasteiger partial charge in [-0.15, -0.1) is 0 Å². The van der Waals surface area contributed by atoms with Crippen LogP contribution in [0.1, 0.15) is 51.3 Å². The van der Waals surface area contributed by atoms with Gasteiger partial charge in [0.25, 0.3) is 0 Å². The molecule has 0 fully saturated rings. The van der Waals surface area contributed by atoms with Crippen molar-refractivity contribution < 1.29 is 9.59 Å². The van der Waals surface area contributed by atoms with E-state index in [9.17, 15) is 9.59 Å². The Bertz CT molecular complexity index is 2580. The van der Waals surface area contributed by atoms with Gasteiger partial charge in [0.15, 0.2) is 11.6 Å². The molecule has 7 aromatic rings. The predicted molar refractivity (Wildman–Crippen MR) is 212 cm³/mol. The van der Waals surface area contributed by atoms with E-state index in [1.165, 1.54) is 38.5 Å². The molecule has 1 aliphatic carbocycles. The van der Waals surface area contributed by atoms with E-state index in [-0.39, 0.29) is 22.6 Å². The Morgan fingerprint density at radius 2 is 1.16 bits per heavy atom. The summed E-state index contributed by atoms with van der Waals surface area (Å²) >= 11 is 0. The van der Waals surface area contributed by atoms with Gasteiger partial charge in [0, 0.05) is 22.2 Å². The van der Waals surface area contributed by atoms with Gasteiger partial charge in [-0.3, -0.25) is 9.59 Å². The Kier molecular flexibility index (Phi) is 6.53. The molecular weight excluding hydrogens is 627 g/mol. The molecule has 0 saturated carbocycles. The first-order chi connectivity index (χ1) is 24.0. The molecule has 1 aliphatic heterocycles. The summed E-state index contributed by atoms with van der Waals surface area (Å²) in [5.74, 6) is -0.413. The maximum Gasteiger partial charge on any atom is 0.197 e. The SMILES string of the molecule is CC1(C)c2cc3ccccc3cc2N(c2ccc([Si](C)(C)C)cc2)c2ccc3cc(C=C4C(=O)c5cc6ccccc6cc5C4=O)ccc3c21. The van der Waals surface area contributed by atoms with Gasteiger partial charge < -0.3 is 4.90 Å². The largest absolute Gasteiger partial charge is 0.310 e. The zero-order valence-electron chi connectivity index (χ0n) is 29.0. The van der Waals surface area contributed by atoms with Crippen molar-refractivity contribution in [3.8, 4) is 0 Å². The summed E-state index contributed by atoms with van der Waals surface area (Å²) in [4.78, 5) is 29.6. The third kappa shape index (κ3) is 4.55. The lowest BCUT2D eigenvalue weighted by Crippen LogP contribution is -2.37. The third-order valence-corrected chi connectivity index (χ3v) is 12.9. The molecule has 0 N–H and O–H groups in total. The molecule has 0 spiro atoms. The number of carbonyl (C=O) groups is 2. The molecule has 0 atom stereocenters. The van der Waals surface area contributed by atoms with Gasteiger partial charge in [-0.25, -0.2) is 0 Å². The van der Waals surface area contributed by atoms with E-state index in [0.717, 1.165) is 32.8 Å². The number of allylic oxidation sites excluding steroid dienone is 1. The number of rotatable bonds is 3. The molecule has 3 nitrogen and oxygen atoms in total. The monoisotopic (exact) mass is 663 g/mol. The second kappa shape index (κ2) is 10.7. The molecule has 0 unspecified atom stereocenters. The van der Waals surface area contributed by atoms with Gasteiger partial charge in [0.2, 0.25) is 0 Å². The lowest BCUT2D eigenvalue weighted by molar-refractivity contribution is 0.0990. The molecule has 0 bridgehead atoms. The van der Waals surface area contributed by atoms with Crippen molar-refractivity contribution in [1.82, 2.24) is 0 Å². The molecule has 0 saturated heterocycles. The van der Waals surface area contributed by atoms with Gasteiger partial charge in [0.1, 0.15) is 0 Å². The van der Waals surface area contributed by atoms with Crippen LogP contribution in [-0.4, -0.2) is 19.6 Å². The van der Waals surface area contributed by atoms with Crippen LogP contribution in [0, 0.1) is 0 Å². The van der Waals surface area contributed by atoms with Crippen LogP contribution in [0.2, 0.25) is 19.6 Å². The van der Waals surface area contributed by atoms with E-state index < -0.39 is 8.07 Å². The zero-order valence-corrected chi connectivity index (χ0v) is 30.0. The van der Waals surface area contributed by atoms with Gasteiger partial charge in [-0.05, 0) is 104 Å². The average Bonchev–Trinajstić information content (AvgIpc) is 3.33. The first kappa shape index (κ1) is 30.5. The highest BCUT2D eigenvalue weighted by molar-refractivity contribution is 6.88. The summed E-state index contributed by atoms with van der Waals surface area (Å²) in [6.45, 7) is 11.8. The number of anilines is 3. The van der Waals surface area contributed by atoms with Gasteiger partial charge in [0.05, 0.1) is 25.0 Å². The Balaban J connectivity index is 1.20. The van der Waals surface area contributed by atoms with Gasteiger partial charge in [-0.2, -0.15) is 0 Å². The highest BCUT2D eigenvalue weighted by atomic mass is 28.3. The minimum atomic E-state index is -1.47. The first-order valence-corrected chi connectivity index (χ1v) is 20.8. The van der Waals surface area contributed by atoms with Crippen LogP contribution in [0.25, 0.3) is 38.4 Å². The van der Waals surface area contributed by atoms with Crippen molar-refractivity contribution in [3.63, 3.8) is 0 Å². The van der Waals surface area contributed by atoms with Crippen molar-refractivity contribution in [1.29, 1.82) is 0 Å². The molecule has 0 radical (unpaired) electrons. The molecule has 4 heteroatoms. The number of benzene rings is 7. The van der Waals surface area contributed by atoms with Crippen molar-refractivity contribution >= 4 is 80.3 Å². The normalized spacial score (nSPS) is 15.1. The topological polar surface area (TPSA) is 37.4 Å². The molecule has 7 aromatic carbocycles. The number of fused-ring (bicyclic) bond motifs is 7. The predicted octanol–water partition coefficient (Wildman–Crippen LogP) is 11.3. The molecule has 9 rings (SSSR count). The van der Waals surface area contributed by atoms with E-state index in [2.05, 4.69) is 129 Å². The Morgan fingerprint density at radius 1 is 0.580 bits per heavy atom. The molecule has 0 aromatic heterocycles. The standard InChI is InChI=1S/C46H37NO2Si/c1-46(2)40-26-31-12-8-9-13-32(31)27-42(40)47(34-16-18-35(19-17-34)50(3,4)5)41-21-15-33-22-28(14-20-36(33)43(41)46)23-39-44(48)37-24-29-10-6-7-11-30(29)25-38(37)45(39)49/h6-27H,1-5H3. The lowest BCUT2D eigenvalue weighted by atomic mass is 9.71. The van der Waals surface area contributed by atoms with Crippen LogP contribution in [0.5, 0.6) is 0 Å². The van der Waals surface area contributed by atoms with Gasteiger partial charge in [-0.1, -0.05) is 118 Å².